The molecule has 0 aromatic rings. The first-order valence-corrected chi connectivity index (χ1v) is 6.46. The lowest BCUT2D eigenvalue weighted by Gasteiger charge is -2.32. The molecule has 22 heavy (non-hydrogen) atoms. The van der Waals surface area contributed by atoms with E-state index in [4.69, 9.17) is 14.6 Å². The van der Waals surface area contributed by atoms with E-state index in [-0.39, 0.29) is 0 Å². The molecular weight excluding hydrogens is 300 g/mol. The molecule has 2 N–H and O–H groups in total. The number of esters is 3. The Bertz CT molecular complexity index is 391. The van der Waals surface area contributed by atoms with E-state index in [2.05, 4.69) is 4.74 Å². The molecule has 0 amide bonds. The van der Waals surface area contributed by atoms with Crippen molar-refractivity contribution in [1.29, 1.82) is 0 Å². The molecule has 0 fully saturated rings. The van der Waals surface area contributed by atoms with E-state index in [1.54, 1.807) is 0 Å². The number of carboxylic acids is 1. The van der Waals surface area contributed by atoms with Gasteiger partial charge in [0.2, 0.25) is 12.4 Å². The Hall–Kier alpha value is -2.16. The molecule has 126 valence electrons. The van der Waals surface area contributed by atoms with Crippen LogP contribution in [-0.2, 0) is 33.4 Å². The van der Waals surface area contributed by atoms with Crippen molar-refractivity contribution in [2.75, 3.05) is 0 Å². The van der Waals surface area contributed by atoms with Crippen LogP contribution in [0, 0.1) is 5.92 Å². The maximum absolute atomic E-state index is 11.2. The van der Waals surface area contributed by atoms with Crippen LogP contribution in [-0.4, -0.2) is 52.6 Å². The number of rotatable bonds is 8. The van der Waals surface area contributed by atoms with Crippen molar-refractivity contribution in [1.82, 2.24) is 0 Å². The van der Waals surface area contributed by atoms with Crippen LogP contribution in [0.5, 0.6) is 0 Å². The SMILES string of the molecule is CC(=O)OC(O)C(OC(C)=O)C(OC(C)=O)C(C)CC(=O)O. The fraction of sp³-hybridized carbons (Fsp3) is 0.692. The minimum Gasteiger partial charge on any atom is -0.481 e. The number of aliphatic carboxylic acids is 1. The maximum Gasteiger partial charge on any atom is 0.305 e. The van der Waals surface area contributed by atoms with Crippen LogP contribution < -0.4 is 0 Å². The summed E-state index contributed by atoms with van der Waals surface area (Å²) in [4.78, 5) is 44.0. The second-order valence-electron chi connectivity index (χ2n) is 4.72. The summed E-state index contributed by atoms with van der Waals surface area (Å²) >= 11 is 0. The Kier molecular flexibility index (Phi) is 8.10. The quantitative estimate of drug-likeness (QED) is 0.355. The summed E-state index contributed by atoms with van der Waals surface area (Å²) in [6.45, 7) is 4.57. The van der Waals surface area contributed by atoms with Gasteiger partial charge in [-0.1, -0.05) is 6.92 Å². The Labute approximate surface area is 127 Å². The van der Waals surface area contributed by atoms with Gasteiger partial charge in [0, 0.05) is 26.7 Å². The van der Waals surface area contributed by atoms with Crippen molar-refractivity contribution in [3.8, 4) is 0 Å². The van der Waals surface area contributed by atoms with Gasteiger partial charge < -0.3 is 24.4 Å². The van der Waals surface area contributed by atoms with Crippen molar-refractivity contribution in [2.24, 2.45) is 5.92 Å². The second kappa shape index (κ2) is 8.98. The van der Waals surface area contributed by atoms with Gasteiger partial charge in [-0.05, 0) is 0 Å². The van der Waals surface area contributed by atoms with Crippen molar-refractivity contribution in [3.63, 3.8) is 0 Å². The van der Waals surface area contributed by atoms with Gasteiger partial charge in [0.1, 0.15) is 6.10 Å². The Balaban J connectivity index is 5.39. The number of hydrogen-bond donors (Lipinski definition) is 2. The summed E-state index contributed by atoms with van der Waals surface area (Å²) in [5.41, 5.74) is 0. The van der Waals surface area contributed by atoms with Crippen LogP contribution in [0.4, 0.5) is 0 Å². The molecule has 0 radical (unpaired) electrons. The van der Waals surface area contributed by atoms with Gasteiger partial charge in [-0.3, -0.25) is 19.2 Å². The van der Waals surface area contributed by atoms with Gasteiger partial charge in [0.15, 0.2) is 0 Å². The van der Waals surface area contributed by atoms with Crippen LogP contribution in [0.25, 0.3) is 0 Å². The fourth-order valence-electron chi connectivity index (χ4n) is 1.81. The summed E-state index contributed by atoms with van der Waals surface area (Å²) in [6, 6.07) is 0. The highest BCUT2D eigenvalue weighted by Crippen LogP contribution is 2.22. The predicted molar refractivity (Wildman–Crippen MR) is 70.3 cm³/mol. The normalized spacial score (nSPS) is 15.9. The summed E-state index contributed by atoms with van der Waals surface area (Å²) in [7, 11) is 0. The lowest BCUT2D eigenvalue weighted by atomic mass is 9.95. The summed E-state index contributed by atoms with van der Waals surface area (Å²) in [6.07, 6.45) is -5.16. The number of carbonyl (C=O) groups is 4. The molecule has 0 bridgehead atoms. The molecule has 0 rings (SSSR count). The van der Waals surface area contributed by atoms with Crippen molar-refractivity contribution in [2.45, 2.75) is 52.6 Å². The molecule has 0 heterocycles. The van der Waals surface area contributed by atoms with E-state index in [0.717, 1.165) is 20.8 Å². The van der Waals surface area contributed by atoms with E-state index in [9.17, 15) is 24.3 Å². The number of ether oxygens (including phenoxy) is 3. The molecule has 0 aliphatic carbocycles. The van der Waals surface area contributed by atoms with E-state index in [1.807, 2.05) is 0 Å². The smallest absolute Gasteiger partial charge is 0.305 e. The Morgan fingerprint density at radius 3 is 1.64 bits per heavy atom. The third kappa shape index (κ3) is 7.58. The molecule has 0 aliphatic heterocycles. The third-order valence-corrected chi connectivity index (χ3v) is 2.55. The van der Waals surface area contributed by atoms with Gasteiger partial charge in [0.25, 0.3) is 0 Å². The molecule has 0 spiro atoms. The standard InChI is InChI=1S/C13H20O9/c1-6(5-10(17)18)11(20-7(2)14)12(21-8(3)15)13(19)22-9(4)16/h6,11-13,19H,5H2,1-4H3,(H,17,18). The average molecular weight is 320 g/mol. The number of hydrogen-bond acceptors (Lipinski definition) is 8. The average Bonchev–Trinajstić information content (AvgIpc) is 2.30. The molecule has 0 saturated heterocycles. The van der Waals surface area contributed by atoms with Crippen LogP contribution in [0.3, 0.4) is 0 Å². The predicted octanol–water partition coefficient (Wildman–Crippen LogP) is -0.158. The van der Waals surface area contributed by atoms with Gasteiger partial charge in [-0.15, -0.1) is 0 Å². The highest BCUT2D eigenvalue weighted by molar-refractivity contribution is 5.69. The monoisotopic (exact) mass is 320 g/mol. The topological polar surface area (TPSA) is 136 Å². The molecule has 9 nitrogen and oxygen atoms in total. The van der Waals surface area contributed by atoms with E-state index >= 15 is 0 Å². The highest BCUT2D eigenvalue weighted by Gasteiger charge is 2.39. The third-order valence-electron chi connectivity index (χ3n) is 2.55. The number of aliphatic hydroxyl groups excluding tert-OH is 1. The second-order valence-corrected chi connectivity index (χ2v) is 4.72. The van der Waals surface area contributed by atoms with Crippen molar-refractivity contribution in [3.05, 3.63) is 0 Å². The lowest BCUT2D eigenvalue weighted by Crippen LogP contribution is -2.48. The summed E-state index contributed by atoms with van der Waals surface area (Å²) < 4.78 is 14.3. The number of carbonyl (C=O) groups excluding carboxylic acids is 3. The maximum atomic E-state index is 11.2. The molecular formula is C13H20O9. The van der Waals surface area contributed by atoms with Crippen LogP contribution in [0.2, 0.25) is 0 Å². The van der Waals surface area contributed by atoms with Gasteiger partial charge in [0.05, 0.1) is 6.42 Å². The Morgan fingerprint density at radius 2 is 1.27 bits per heavy atom. The Morgan fingerprint density at radius 1 is 0.864 bits per heavy atom. The van der Waals surface area contributed by atoms with E-state index in [1.165, 1.54) is 6.92 Å². The molecule has 9 heteroatoms. The zero-order valence-corrected chi connectivity index (χ0v) is 12.8. The van der Waals surface area contributed by atoms with Crippen LogP contribution in [0.1, 0.15) is 34.1 Å². The highest BCUT2D eigenvalue weighted by atomic mass is 16.7. The first kappa shape index (κ1) is 19.8. The van der Waals surface area contributed by atoms with E-state index in [0.29, 0.717) is 0 Å². The summed E-state index contributed by atoms with van der Waals surface area (Å²) in [5.74, 6) is -4.42. The zero-order chi connectivity index (χ0) is 17.4. The van der Waals surface area contributed by atoms with Gasteiger partial charge >= 0.3 is 23.9 Å². The molecule has 0 saturated carbocycles. The van der Waals surface area contributed by atoms with Crippen molar-refractivity contribution < 1.29 is 43.6 Å². The minimum atomic E-state index is -1.90. The molecule has 0 aliphatic rings. The van der Waals surface area contributed by atoms with Gasteiger partial charge in [-0.25, -0.2) is 0 Å². The van der Waals surface area contributed by atoms with Crippen LogP contribution in [0.15, 0.2) is 0 Å². The molecule has 0 aromatic heterocycles. The van der Waals surface area contributed by atoms with Gasteiger partial charge in [-0.2, -0.15) is 0 Å². The first-order chi connectivity index (χ1) is 10.0. The zero-order valence-electron chi connectivity index (χ0n) is 12.8. The number of carboxylic acid groups (broad SMARTS) is 1. The molecule has 0 aromatic carbocycles. The molecule has 4 atom stereocenters. The first-order valence-electron chi connectivity index (χ1n) is 6.46. The van der Waals surface area contributed by atoms with E-state index < -0.39 is 54.7 Å². The fourth-order valence-corrected chi connectivity index (χ4v) is 1.81. The lowest BCUT2D eigenvalue weighted by molar-refractivity contribution is -0.220. The molecule has 4 unspecified atom stereocenters. The largest absolute Gasteiger partial charge is 0.481 e. The van der Waals surface area contributed by atoms with Crippen molar-refractivity contribution >= 4 is 23.9 Å². The van der Waals surface area contributed by atoms with Crippen LogP contribution >= 0.6 is 0 Å². The minimum absolute atomic E-state index is 0.414. The number of aliphatic hydroxyl groups is 1. The summed E-state index contributed by atoms with van der Waals surface area (Å²) in [5, 5.41) is 18.7.